The standard InChI is InChI=1S/C23H19N5O2/c1-30-19-13-11-18(12-14-19)22(15-24)28(16-17-7-3-2-4-8-17)23(29)20-9-5-6-10-21(20)26-27-25/h2-14,22H,16H2,1H3. The number of amides is 1. The summed E-state index contributed by atoms with van der Waals surface area (Å²) >= 11 is 0. The van der Waals surface area contributed by atoms with Crippen molar-refractivity contribution >= 4 is 11.6 Å². The van der Waals surface area contributed by atoms with E-state index in [1.807, 2.05) is 30.3 Å². The minimum atomic E-state index is -0.845. The molecule has 1 atom stereocenters. The average Bonchev–Trinajstić information content (AvgIpc) is 2.80. The van der Waals surface area contributed by atoms with E-state index in [1.165, 1.54) is 4.90 Å². The summed E-state index contributed by atoms with van der Waals surface area (Å²) in [5, 5.41) is 13.6. The molecule has 148 valence electrons. The third kappa shape index (κ3) is 4.58. The summed E-state index contributed by atoms with van der Waals surface area (Å²) in [6.45, 7) is 0.217. The first-order valence-corrected chi connectivity index (χ1v) is 9.20. The summed E-state index contributed by atoms with van der Waals surface area (Å²) in [6.07, 6.45) is 0. The van der Waals surface area contributed by atoms with Crippen molar-refractivity contribution in [3.8, 4) is 11.8 Å². The minimum Gasteiger partial charge on any atom is -0.497 e. The summed E-state index contributed by atoms with van der Waals surface area (Å²) in [6, 6.07) is 24.4. The summed E-state index contributed by atoms with van der Waals surface area (Å²) in [5.41, 5.74) is 10.8. The molecule has 7 heteroatoms. The Morgan fingerprint density at radius 1 is 1.10 bits per heavy atom. The van der Waals surface area contributed by atoms with Gasteiger partial charge in [-0.25, -0.2) is 0 Å². The highest BCUT2D eigenvalue weighted by Crippen LogP contribution is 2.29. The van der Waals surface area contributed by atoms with Gasteiger partial charge in [0.05, 0.1) is 18.9 Å². The molecule has 0 saturated heterocycles. The number of azide groups is 1. The molecular formula is C23H19N5O2. The number of ether oxygens (including phenoxy) is 1. The molecule has 3 rings (SSSR count). The van der Waals surface area contributed by atoms with Gasteiger partial charge >= 0.3 is 0 Å². The van der Waals surface area contributed by atoms with Gasteiger partial charge in [-0.05, 0) is 34.9 Å². The van der Waals surface area contributed by atoms with Crippen LogP contribution in [-0.2, 0) is 6.54 Å². The first kappa shape index (κ1) is 20.5. The average molecular weight is 397 g/mol. The molecule has 0 spiro atoms. The van der Waals surface area contributed by atoms with E-state index in [0.717, 1.165) is 5.56 Å². The number of hydrogen-bond donors (Lipinski definition) is 0. The molecular weight excluding hydrogens is 378 g/mol. The Bertz CT molecular complexity index is 1100. The Morgan fingerprint density at radius 3 is 2.40 bits per heavy atom. The van der Waals surface area contributed by atoms with Gasteiger partial charge in [0, 0.05) is 17.0 Å². The monoisotopic (exact) mass is 397 g/mol. The van der Waals surface area contributed by atoms with Crippen LogP contribution < -0.4 is 4.74 Å². The summed E-state index contributed by atoms with van der Waals surface area (Å²) < 4.78 is 5.19. The van der Waals surface area contributed by atoms with Crippen molar-refractivity contribution in [3.05, 3.63) is 106 Å². The Kier molecular flexibility index (Phi) is 6.67. The largest absolute Gasteiger partial charge is 0.497 e. The zero-order valence-corrected chi connectivity index (χ0v) is 16.3. The molecule has 0 N–H and O–H groups in total. The Hall–Kier alpha value is -4.27. The molecule has 0 saturated carbocycles. The lowest BCUT2D eigenvalue weighted by Gasteiger charge is -2.28. The summed E-state index contributed by atoms with van der Waals surface area (Å²) in [4.78, 5) is 17.8. The molecule has 7 nitrogen and oxygen atoms in total. The molecule has 0 aliphatic rings. The molecule has 3 aromatic carbocycles. The number of hydrogen-bond acceptors (Lipinski definition) is 4. The van der Waals surface area contributed by atoms with Crippen molar-refractivity contribution in [2.75, 3.05) is 7.11 Å². The molecule has 0 aliphatic carbocycles. The zero-order chi connectivity index (χ0) is 21.3. The molecule has 0 bridgehead atoms. The van der Waals surface area contributed by atoms with Gasteiger partial charge in [0.25, 0.3) is 5.91 Å². The molecule has 0 radical (unpaired) electrons. The minimum absolute atomic E-state index is 0.217. The second-order valence-corrected chi connectivity index (χ2v) is 6.43. The van der Waals surface area contributed by atoms with Crippen LogP contribution in [0.4, 0.5) is 5.69 Å². The highest BCUT2D eigenvalue weighted by molar-refractivity contribution is 5.99. The predicted molar refractivity (Wildman–Crippen MR) is 113 cm³/mol. The Balaban J connectivity index is 2.06. The van der Waals surface area contributed by atoms with Crippen molar-refractivity contribution < 1.29 is 9.53 Å². The fraction of sp³-hybridized carbons (Fsp3) is 0.130. The fourth-order valence-corrected chi connectivity index (χ4v) is 3.12. The molecule has 1 amide bonds. The maximum absolute atomic E-state index is 13.5. The SMILES string of the molecule is COc1ccc(C(C#N)N(Cc2ccccc2)C(=O)c2ccccc2N=[N+]=[N-])cc1. The maximum Gasteiger partial charge on any atom is 0.255 e. The number of rotatable bonds is 7. The van der Waals surface area contributed by atoms with Crippen molar-refractivity contribution in [2.45, 2.75) is 12.6 Å². The topological polar surface area (TPSA) is 102 Å². The lowest BCUT2D eigenvalue weighted by molar-refractivity contribution is 0.0702. The van der Waals surface area contributed by atoms with Gasteiger partial charge in [0.2, 0.25) is 0 Å². The van der Waals surface area contributed by atoms with E-state index in [1.54, 1.807) is 55.6 Å². The summed E-state index contributed by atoms with van der Waals surface area (Å²) in [5.74, 6) is 0.259. The van der Waals surface area contributed by atoms with E-state index >= 15 is 0 Å². The molecule has 3 aromatic rings. The maximum atomic E-state index is 13.5. The molecule has 30 heavy (non-hydrogen) atoms. The third-order valence-electron chi connectivity index (χ3n) is 4.61. The van der Waals surface area contributed by atoms with Crippen molar-refractivity contribution in [2.24, 2.45) is 5.11 Å². The normalized spacial score (nSPS) is 10.9. The predicted octanol–water partition coefficient (Wildman–Crippen LogP) is 5.54. The van der Waals surface area contributed by atoms with Crippen LogP contribution in [0.3, 0.4) is 0 Å². The molecule has 1 unspecified atom stereocenters. The van der Waals surface area contributed by atoms with Gasteiger partial charge in [-0.1, -0.05) is 65.8 Å². The molecule has 0 heterocycles. The number of nitrogens with zero attached hydrogens (tertiary/aromatic N) is 5. The van der Waals surface area contributed by atoms with Gasteiger partial charge in [0.1, 0.15) is 11.8 Å². The van der Waals surface area contributed by atoms with Gasteiger partial charge in [-0.3, -0.25) is 4.79 Å². The van der Waals surface area contributed by atoms with E-state index in [-0.39, 0.29) is 17.8 Å². The molecule has 0 aliphatic heterocycles. The van der Waals surface area contributed by atoms with Crippen LogP contribution in [0.1, 0.15) is 27.5 Å². The van der Waals surface area contributed by atoms with Crippen LogP contribution in [0.15, 0.2) is 84.0 Å². The number of carbonyl (C=O) groups is 1. The van der Waals surface area contributed by atoms with Crippen molar-refractivity contribution in [3.63, 3.8) is 0 Å². The second-order valence-electron chi connectivity index (χ2n) is 6.43. The van der Waals surface area contributed by atoms with Gasteiger partial charge in [-0.15, -0.1) is 0 Å². The van der Waals surface area contributed by atoms with Crippen LogP contribution in [0.5, 0.6) is 5.75 Å². The van der Waals surface area contributed by atoms with E-state index in [9.17, 15) is 10.1 Å². The van der Waals surface area contributed by atoms with Gasteiger partial charge < -0.3 is 9.64 Å². The lowest BCUT2D eigenvalue weighted by atomic mass is 10.0. The van der Waals surface area contributed by atoms with Crippen LogP contribution in [0, 0.1) is 11.3 Å². The van der Waals surface area contributed by atoms with Crippen LogP contribution >= 0.6 is 0 Å². The van der Waals surface area contributed by atoms with Crippen LogP contribution in [-0.4, -0.2) is 17.9 Å². The smallest absolute Gasteiger partial charge is 0.255 e. The fourth-order valence-electron chi connectivity index (χ4n) is 3.12. The zero-order valence-electron chi connectivity index (χ0n) is 16.3. The van der Waals surface area contributed by atoms with Gasteiger partial charge in [-0.2, -0.15) is 5.26 Å². The second kappa shape index (κ2) is 9.78. The first-order valence-electron chi connectivity index (χ1n) is 9.20. The molecule has 0 fully saturated rings. The number of methoxy groups -OCH3 is 1. The summed E-state index contributed by atoms with van der Waals surface area (Å²) in [7, 11) is 1.56. The number of nitriles is 1. The Labute approximate surface area is 174 Å². The van der Waals surface area contributed by atoms with E-state index in [4.69, 9.17) is 10.3 Å². The number of carbonyl (C=O) groups excluding carboxylic acids is 1. The Morgan fingerprint density at radius 2 is 1.77 bits per heavy atom. The van der Waals surface area contributed by atoms with Crippen LogP contribution in [0.2, 0.25) is 0 Å². The van der Waals surface area contributed by atoms with Crippen molar-refractivity contribution in [1.29, 1.82) is 5.26 Å². The number of benzene rings is 3. The van der Waals surface area contributed by atoms with E-state index < -0.39 is 11.9 Å². The molecule has 0 aromatic heterocycles. The van der Waals surface area contributed by atoms with E-state index in [0.29, 0.717) is 11.3 Å². The highest BCUT2D eigenvalue weighted by Gasteiger charge is 2.27. The third-order valence-corrected chi connectivity index (χ3v) is 4.61. The highest BCUT2D eigenvalue weighted by atomic mass is 16.5. The van der Waals surface area contributed by atoms with Crippen molar-refractivity contribution in [1.82, 2.24) is 4.90 Å². The first-order chi connectivity index (χ1) is 14.7. The van der Waals surface area contributed by atoms with Gasteiger partial charge in [0.15, 0.2) is 0 Å². The van der Waals surface area contributed by atoms with E-state index in [2.05, 4.69) is 16.1 Å². The van der Waals surface area contributed by atoms with Crippen LogP contribution in [0.25, 0.3) is 10.4 Å². The lowest BCUT2D eigenvalue weighted by Crippen LogP contribution is -2.34. The quantitative estimate of drug-likeness (QED) is 0.297.